The molecular formula is C14H14N6O2. The van der Waals surface area contributed by atoms with Gasteiger partial charge in [0.2, 0.25) is 5.91 Å². The summed E-state index contributed by atoms with van der Waals surface area (Å²) in [5.41, 5.74) is 1.17. The van der Waals surface area contributed by atoms with Gasteiger partial charge in [-0.3, -0.25) is 18.8 Å². The van der Waals surface area contributed by atoms with Gasteiger partial charge >= 0.3 is 0 Å². The van der Waals surface area contributed by atoms with Crippen molar-refractivity contribution < 1.29 is 4.79 Å². The molecule has 0 saturated heterocycles. The van der Waals surface area contributed by atoms with Crippen LogP contribution in [0, 0.1) is 6.92 Å². The highest BCUT2D eigenvalue weighted by Gasteiger charge is 2.11. The van der Waals surface area contributed by atoms with Crippen molar-refractivity contribution in [2.75, 3.05) is 5.32 Å². The molecule has 3 aromatic rings. The average molecular weight is 298 g/mol. The lowest BCUT2D eigenvalue weighted by Gasteiger charge is -2.07. The fourth-order valence-electron chi connectivity index (χ4n) is 2.12. The molecule has 0 aliphatic carbocycles. The molecule has 0 bridgehead atoms. The highest BCUT2D eigenvalue weighted by molar-refractivity contribution is 5.89. The van der Waals surface area contributed by atoms with Gasteiger partial charge in [-0.05, 0) is 24.6 Å². The van der Waals surface area contributed by atoms with E-state index in [1.54, 1.807) is 19.3 Å². The molecule has 8 heteroatoms. The van der Waals surface area contributed by atoms with Crippen molar-refractivity contribution in [3.8, 4) is 0 Å². The Morgan fingerprint density at radius 1 is 1.36 bits per heavy atom. The number of carbonyl (C=O) groups is 1. The van der Waals surface area contributed by atoms with Crippen LogP contribution >= 0.6 is 0 Å². The van der Waals surface area contributed by atoms with Crippen LogP contribution in [0.4, 0.5) is 5.82 Å². The normalized spacial score (nSPS) is 10.8. The van der Waals surface area contributed by atoms with E-state index in [-0.39, 0.29) is 18.0 Å². The first kappa shape index (κ1) is 13.9. The summed E-state index contributed by atoms with van der Waals surface area (Å²) in [5, 5.41) is 7.02. The van der Waals surface area contributed by atoms with Crippen molar-refractivity contribution in [1.29, 1.82) is 0 Å². The number of hydrogen-bond donors (Lipinski definition) is 1. The minimum absolute atomic E-state index is 0.133. The Labute approximate surface area is 125 Å². The first-order valence-electron chi connectivity index (χ1n) is 6.64. The van der Waals surface area contributed by atoms with Gasteiger partial charge < -0.3 is 5.32 Å². The standard InChI is InChI=1S/C14H14N6O2/c1-9-3-4-15-11(5-9)18-12(21)7-20-8-16-13-10(14(20)22)6-17-19(13)2/h3-6,8H,7H2,1-2H3,(H,15,18,21). The second-order valence-electron chi connectivity index (χ2n) is 4.95. The molecule has 22 heavy (non-hydrogen) atoms. The van der Waals surface area contributed by atoms with Crippen molar-refractivity contribution in [3.05, 3.63) is 46.8 Å². The van der Waals surface area contributed by atoms with Gasteiger partial charge in [-0.1, -0.05) is 0 Å². The number of amides is 1. The van der Waals surface area contributed by atoms with E-state index in [1.165, 1.54) is 21.8 Å². The Bertz CT molecular complexity index is 911. The molecule has 3 heterocycles. The summed E-state index contributed by atoms with van der Waals surface area (Å²) in [5.74, 6) is 0.110. The SMILES string of the molecule is Cc1ccnc(NC(=O)Cn2cnc3c(cnn3C)c2=O)c1. The second-order valence-corrected chi connectivity index (χ2v) is 4.95. The Hall–Kier alpha value is -3.03. The zero-order chi connectivity index (χ0) is 15.7. The van der Waals surface area contributed by atoms with E-state index in [2.05, 4.69) is 20.4 Å². The zero-order valence-corrected chi connectivity index (χ0v) is 12.1. The maximum absolute atomic E-state index is 12.3. The van der Waals surface area contributed by atoms with E-state index in [0.29, 0.717) is 16.9 Å². The van der Waals surface area contributed by atoms with E-state index >= 15 is 0 Å². The molecule has 1 N–H and O–H groups in total. The highest BCUT2D eigenvalue weighted by atomic mass is 16.2. The Morgan fingerprint density at radius 2 is 2.18 bits per heavy atom. The van der Waals surface area contributed by atoms with E-state index in [9.17, 15) is 9.59 Å². The molecule has 0 fully saturated rings. The maximum atomic E-state index is 12.3. The van der Waals surface area contributed by atoms with Crippen LogP contribution in [-0.2, 0) is 18.4 Å². The molecular weight excluding hydrogens is 284 g/mol. The van der Waals surface area contributed by atoms with Gasteiger partial charge in [-0.2, -0.15) is 5.10 Å². The van der Waals surface area contributed by atoms with Gasteiger partial charge in [0.1, 0.15) is 24.1 Å². The van der Waals surface area contributed by atoms with Crippen LogP contribution in [0.25, 0.3) is 11.0 Å². The predicted octanol–water partition coefficient (Wildman–Crippen LogP) is 0.472. The quantitative estimate of drug-likeness (QED) is 0.758. The number of carbonyl (C=O) groups excluding carboxylic acids is 1. The van der Waals surface area contributed by atoms with Crippen LogP contribution in [0.15, 0.2) is 35.6 Å². The lowest BCUT2D eigenvalue weighted by Crippen LogP contribution is -2.28. The minimum Gasteiger partial charge on any atom is -0.309 e. The molecule has 0 aliphatic heterocycles. The van der Waals surface area contributed by atoms with Crippen LogP contribution in [-0.4, -0.2) is 30.2 Å². The van der Waals surface area contributed by atoms with Crippen LogP contribution in [0.1, 0.15) is 5.56 Å². The molecule has 3 aromatic heterocycles. The number of hydrogen-bond acceptors (Lipinski definition) is 5. The third-order valence-corrected chi connectivity index (χ3v) is 3.22. The predicted molar refractivity (Wildman–Crippen MR) is 80.4 cm³/mol. The summed E-state index contributed by atoms with van der Waals surface area (Å²) in [6.07, 6.45) is 4.40. The number of rotatable bonds is 3. The average Bonchev–Trinajstić information content (AvgIpc) is 2.84. The molecule has 0 radical (unpaired) electrons. The van der Waals surface area contributed by atoms with Crippen LogP contribution in [0.5, 0.6) is 0 Å². The molecule has 0 atom stereocenters. The monoisotopic (exact) mass is 298 g/mol. The molecule has 8 nitrogen and oxygen atoms in total. The molecule has 1 amide bonds. The summed E-state index contributed by atoms with van der Waals surface area (Å²) in [7, 11) is 1.70. The van der Waals surface area contributed by atoms with Gasteiger partial charge in [0.05, 0.1) is 6.20 Å². The molecule has 0 unspecified atom stereocenters. The largest absolute Gasteiger partial charge is 0.309 e. The number of anilines is 1. The molecule has 0 aromatic carbocycles. The van der Waals surface area contributed by atoms with Gasteiger partial charge in [-0.15, -0.1) is 0 Å². The van der Waals surface area contributed by atoms with Crippen LogP contribution in [0.2, 0.25) is 0 Å². The Balaban J connectivity index is 1.82. The summed E-state index contributed by atoms with van der Waals surface area (Å²) >= 11 is 0. The summed E-state index contributed by atoms with van der Waals surface area (Å²) < 4.78 is 2.76. The smallest absolute Gasteiger partial charge is 0.264 e. The number of aromatic nitrogens is 5. The van der Waals surface area contributed by atoms with Crippen LogP contribution < -0.4 is 10.9 Å². The van der Waals surface area contributed by atoms with Crippen molar-refractivity contribution in [2.45, 2.75) is 13.5 Å². The van der Waals surface area contributed by atoms with Gasteiger partial charge in [-0.25, -0.2) is 9.97 Å². The minimum atomic E-state index is -0.342. The molecule has 0 saturated carbocycles. The number of nitrogens with one attached hydrogen (secondary N) is 1. The fraction of sp³-hybridized carbons (Fsp3) is 0.214. The first-order chi connectivity index (χ1) is 10.5. The van der Waals surface area contributed by atoms with E-state index < -0.39 is 0 Å². The summed E-state index contributed by atoms with van der Waals surface area (Å²) in [4.78, 5) is 32.5. The summed E-state index contributed by atoms with van der Waals surface area (Å²) in [6.45, 7) is 1.77. The van der Waals surface area contributed by atoms with E-state index in [0.717, 1.165) is 5.56 Å². The Kier molecular flexibility index (Phi) is 3.42. The molecule has 0 spiro atoms. The fourth-order valence-corrected chi connectivity index (χ4v) is 2.12. The lowest BCUT2D eigenvalue weighted by atomic mass is 10.3. The van der Waals surface area contributed by atoms with Gasteiger partial charge in [0.15, 0.2) is 5.65 Å². The molecule has 0 aliphatic rings. The van der Waals surface area contributed by atoms with E-state index in [1.807, 2.05) is 13.0 Å². The van der Waals surface area contributed by atoms with E-state index in [4.69, 9.17) is 0 Å². The molecule has 3 rings (SSSR count). The second kappa shape index (κ2) is 5.40. The zero-order valence-electron chi connectivity index (χ0n) is 12.1. The van der Waals surface area contributed by atoms with Gasteiger partial charge in [0.25, 0.3) is 5.56 Å². The third kappa shape index (κ3) is 2.58. The third-order valence-electron chi connectivity index (χ3n) is 3.22. The van der Waals surface area contributed by atoms with Crippen molar-refractivity contribution in [2.24, 2.45) is 7.05 Å². The van der Waals surface area contributed by atoms with Crippen molar-refractivity contribution in [1.82, 2.24) is 24.3 Å². The number of pyridine rings is 1. The topological polar surface area (TPSA) is 94.7 Å². The van der Waals surface area contributed by atoms with Crippen molar-refractivity contribution >= 4 is 22.8 Å². The number of nitrogens with zero attached hydrogens (tertiary/aromatic N) is 5. The highest BCUT2D eigenvalue weighted by Crippen LogP contribution is 2.06. The van der Waals surface area contributed by atoms with Crippen molar-refractivity contribution in [3.63, 3.8) is 0 Å². The Morgan fingerprint density at radius 3 is 2.95 bits per heavy atom. The lowest BCUT2D eigenvalue weighted by molar-refractivity contribution is -0.116. The first-order valence-corrected chi connectivity index (χ1v) is 6.64. The number of aryl methyl sites for hydroxylation is 2. The van der Waals surface area contributed by atoms with Crippen LogP contribution in [0.3, 0.4) is 0 Å². The molecule has 112 valence electrons. The number of fused-ring (bicyclic) bond motifs is 1. The summed E-state index contributed by atoms with van der Waals surface area (Å²) in [6, 6.07) is 3.59. The maximum Gasteiger partial charge on any atom is 0.264 e. The van der Waals surface area contributed by atoms with Gasteiger partial charge in [0, 0.05) is 13.2 Å².